The van der Waals surface area contributed by atoms with E-state index in [1.807, 2.05) is 0 Å². The van der Waals surface area contributed by atoms with E-state index in [1.165, 1.54) is 59.8 Å². The molecule has 0 spiro atoms. The number of hydrogen-bond donors (Lipinski definition) is 0. The normalized spacial score (nSPS) is 23.8. The first-order valence-electron chi connectivity index (χ1n) is 27.0. The van der Waals surface area contributed by atoms with Crippen molar-refractivity contribution in [1.29, 1.82) is 0 Å². The van der Waals surface area contributed by atoms with Crippen molar-refractivity contribution >= 4 is 66.3 Å². The Balaban J connectivity index is 0.000000142. The van der Waals surface area contributed by atoms with Crippen LogP contribution in [-0.4, -0.2) is 99.9 Å². The van der Waals surface area contributed by atoms with Gasteiger partial charge in [0.2, 0.25) is 0 Å². The van der Waals surface area contributed by atoms with Gasteiger partial charge >= 0.3 is 23.9 Å². The largest absolute Gasteiger partial charge is 0.748 e. The second-order valence-electron chi connectivity index (χ2n) is 21.1. The Morgan fingerprint density at radius 1 is 0.566 bits per heavy atom. The molecular weight excluding hydrogens is 1150 g/mol. The second kappa shape index (κ2) is 28.4. The molecule has 83 heavy (non-hydrogen) atoms. The predicted molar refractivity (Wildman–Crippen MR) is 303 cm³/mol. The number of halogens is 2. The molecular formula is C62H64F2O15S4. The summed E-state index contributed by atoms with van der Waals surface area (Å²) >= 11 is 0. The first kappa shape index (κ1) is 62.6. The molecule has 0 amide bonds. The monoisotopic (exact) mass is 1210 g/mol. The van der Waals surface area contributed by atoms with Gasteiger partial charge in [-0.3, -0.25) is 14.4 Å². The number of esters is 4. The molecule has 4 saturated carbocycles. The number of ether oxygens (including phenoxy) is 5. The van der Waals surface area contributed by atoms with E-state index >= 15 is 0 Å². The molecule has 6 aromatic rings. The van der Waals surface area contributed by atoms with Gasteiger partial charge in [-0.15, -0.1) is 3.89 Å². The molecule has 21 heteroatoms. The number of benzene rings is 6. The van der Waals surface area contributed by atoms with Crippen molar-refractivity contribution in [2.75, 3.05) is 25.6 Å². The molecule has 440 valence electrons. The van der Waals surface area contributed by atoms with Gasteiger partial charge < -0.3 is 32.8 Å². The topological polar surface area (TPSA) is 229 Å². The van der Waals surface area contributed by atoms with Gasteiger partial charge in [0.25, 0.3) is 10.5 Å². The lowest BCUT2D eigenvalue weighted by Crippen LogP contribution is -2.50. The van der Waals surface area contributed by atoms with Crippen LogP contribution < -0.4 is 0 Å². The lowest BCUT2D eigenvalue weighted by atomic mass is 9.49. The highest BCUT2D eigenvalue weighted by atomic mass is 32.3. The molecule has 5 atom stereocenters. The van der Waals surface area contributed by atoms with Gasteiger partial charge in [-0.2, -0.15) is 0 Å². The Kier molecular flexibility index (Phi) is 21.4. The third-order valence-electron chi connectivity index (χ3n) is 14.9. The van der Waals surface area contributed by atoms with Crippen molar-refractivity contribution in [2.24, 2.45) is 29.1 Å². The maximum atomic E-state index is 12.5. The number of carbonyl (C=O) groups is 4. The molecule has 6 bridgehead atoms. The maximum Gasteiger partial charge on any atom is 0.338 e. The smallest absolute Gasteiger partial charge is 0.338 e. The molecule has 7 aliphatic rings. The van der Waals surface area contributed by atoms with E-state index in [4.69, 9.17) is 31.9 Å². The van der Waals surface area contributed by atoms with Crippen molar-refractivity contribution in [2.45, 2.75) is 113 Å². The molecule has 3 saturated heterocycles. The summed E-state index contributed by atoms with van der Waals surface area (Å²) in [5, 5.41) is 0. The highest BCUT2D eigenvalue weighted by Gasteiger charge is 2.65. The van der Waals surface area contributed by atoms with Gasteiger partial charge in [0.05, 0.1) is 39.2 Å². The van der Waals surface area contributed by atoms with Crippen LogP contribution in [0.25, 0.3) is 0 Å². The number of aryl methyl sites for hydroxylation is 2. The van der Waals surface area contributed by atoms with Crippen molar-refractivity contribution in [3.63, 3.8) is 0 Å². The van der Waals surface area contributed by atoms with Crippen LogP contribution in [0.15, 0.2) is 199 Å². The minimum atomic E-state index is -5.42. The summed E-state index contributed by atoms with van der Waals surface area (Å²) in [5.74, 6) is -2.09. The molecule has 15 nitrogen and oxygen atoms in total. The van der Waals surface area contributed by atoms with Gasteiger partial charge in [0.15, 0.2) is 48.3 Å². The fraction of sp³-hybridized carbons (Fsp3) is 0.355. The molecule has 3 aliphatic heterocycles. The number of rotatable bonds is 14. The van der Waals surface area contributed by atoms with Gasteiger partial charge in [-0.25, -0.2) is 26.0 Å². The Morgan fingerprint density at radius 3 is 1.31 bits per heavy atom. The van der Waals surface area contributed by atoms with Crippen LogP contribution >= 0.6 is 0 Å². The Bertz CT molecular complexity index is 3100. The van der Waals surface area contributed by atoms with E-state index < -0.39 is 57.2 Å². The van der Waals surface area contributed by atoms with Gasteiger partial charge in [-0.1, -0.05) is 108 Å². The first-order chi connectivity index (χ1) is 39.6. The third kappa shape index (κ3) is 17.6. The molecule has 3 heterocycles. The molecule has 4 aliphatic carbocycles. The predicted octanol–water partition coefficient (Wildman–Crippen LogP) is 10.0. The van der Waals surface area contributed by atoms with Crippen LogP contribution in [0.4, 0.5) is 8.28 Å². The van der Waals surface area contributed by atoms with E-state index in [0.717, 1.165) is 19.3 Å². The van der Waals surface area contributed by atoms with Crippen molar-refractivity contribution in [3.8, 4) is 0 Å². The Morgan fingerprint density at radius 2 is 0.940 bits per heavy atom. The van der Waals surface area contributed by atoms with Crippen LogP contribution in [0, 0.1) is 42.9 Å². The quantitative estimate of drug-likeness (QED) is 0.0247. The van der Waals surface area contributed by atoms with E-state index in [2.05, 4.69) is 188 Å². The summed E-state index contributed by atoms with van der Waals surface area (Å²) in [6.45, 7) is 2.76. The van der Waals surface area contributed by atoms with Crippen molar-refractivity contribution < 1.29 is 77.1 Å². The van der Waals surface area contributed by atoms with Crippen LogP contribution in [-0.2, 0) is 85.3 Å². The summed E-state index contributed by atoms with van der Waals surface area (Å²) in [6.07, 6.45) is 5.11. The minimum Gasteiger partial charge on any atom is -0.748 e. The molecule has 7 fully saturated rings. The fourth-order valence-corrected chi connectivity index (χ4v) is 16.5. The average Bonchev–Trinajstić information content (AvgIpc) is 2.62. The van der Waals surface area contributed by atoms with Crippen LogP contribution in [0.1, 0.15) is 56.1 Å². The van der Waals surface area contributed by atoms with Gasteiger partial charge in [0.1, 0.15) is 35.2 Å². The van der Waals surface area contributed by atoms with Gasteiger partial charge in [-0.05, 0) is 149 Å². The van der Waals surface area contributed by atoms with E-state index in [1.54, 1.807) is 0 Å². The molecule has 5 unspecified atom stereocenters. The second-order valence-corrected chi connectivity index (χ2v) is 27.4. The SMILES string of the molecule is Cc1ccc([S+](c2ccccc2)c2ccccc2)cc1.Cc1ccc([S+](c2ccccc2)c2ccccc2)cc1.O=C(CF)OC1C2CC3C(=O)OC1C3O2.O=C(CS(=O)(=O)[O-])OCCOC(=O)C12CC3CC(CC(C3)C1)C2.O=S(=O)([O-])F. The van der Waals surface area contributed by atoms with Gasteiger partial charge in [0, 0.05) is 0 Å². The zero-order valence-corrected chi connectivity index (χ0v) is 48.8. The van der Waals surface area contributed by atoms with E-state index in [9.17, 15) is 40.4 Å². The van der Waals surface area contributed by atoms with Crippen molar-refractivity contribution in [3.05, 3.63) is 181 Å². The number of fused-ring (bicyclic) bond motifs is 1. The number of carbonyl (C=O) groups excluding carboxylic acids is 4. The zero-order valence-electron chi connectivity index (χ0n) is 45.6. The third-order valence-corrected chi connectivity index (χ3v) is 20.0. The Hall–Kier alpha value is -6.46. The summed E-state index contributed by atoms with van der Waals surface area (Å²) < 4.78 is 104. The lowest BCUT2D eigenvalue weighted by Gasteiger charge is -2.55. The minimum absolute atomic E-state index is 0.0229. The summed E-state index contributed by atoms with van der Waals surface area (Å²) in [6, 6.07) is 60.8. The fourth-order valence-electron chi connectivity index (χ4n) is 11.9. The average molecular weight is 1220 g/mol. The van der Waals surface area contributed by atoms with E-state index in [0.29, 0.717) is 24.2 Å². The highest BCUT2D eigenvalue weighted by molar-refractivity contribution is 7.97. The summed E-state index contributed by atoms with van der Waals surface area (Å²) in [7, 11) is -10.1. The molecule has 6 aromatic carbocycles. The number of hydrogen-bond acceptors (Lipinski definition) is 15. The Labute approximate surface area is 488 Å². The van der Waals surface area contributed by atoms with Crippen LogP contribution in [0.5, 0.6) is 0 Å². The van der Waals surface area contributed by atoms with Crippen LogP contribution in [0.2, 0.25) is 0 Å². The number of alkyl halides is 1. The first-order valence-corrected chi connectivity index (χ1v) is 32.3. The molecule has 13 rings (SSSR count). The maximum absolute atomic E-state index is 12.5. The highest BCUT2D eigenvalue weighted by Crippen LogP contribution is 2.60. The van der Waals surface area contributed by atoms with Crippen LogP contribution in [0.3, 0.4) is 0 Å². The summed E-state index contributed by atoms with van der Waals surface area (Å²) in [5.41, 5.74) is 2.24. The van der Waals surface area contributed by atoms with Crippen molar-refractivity contribution in [1.82, 2.24) is 0 Å². The zero-order chi connectivity index (χ0) is 59.3. The standard InChI is InChI=1S/2C19H17S.C15H22O7S.C9H9FO5.FHO3S/c2*1-16-12-14-19(15-13-16)20(17-8-4-2-5-9-17)18-10-6-3-7-11-18;16-13(9-23(18,19)20)21-1-2-22-14(17)15-6-10-3-11(7-15)5-12(4-10)8-15;10-2-5(11)14-7-4-1-3-6(13-4)8(7)15-9(3)12;1-5(2,3)4/h2*2-15H,1H3;10-12H,1-9H2,(H,18,19,20);3-4,6-8H,1-2H2;(H,2,3,4)/q2*+1;;;/p-2. The molecule has 0 radical (unpaired) electrons. The molecule has 0 N–H and O–H groups in total. The summed E-state index contributed by atoms with van der Waals surface area (Å²) in [4.78, 5) is 53.8. The lowest BCUT2D eigenvalue weighted by molar-refractivity contribution is -0.174. The molecule has 0 aromatic heterocycles. The van der Waals surface area contributed by atoms with E-state index in [-0.39, 0.29) is 70.5 Å².